The lowest BCUT2D eigenvalue weighted by atomic mass is 10.1. The van der Waals surface area contributed by atoms with E-state index in [1.807, 2.05) is 0 Å². The second kappa shape index (κ2) is 10.3. The second-order valence-corrected chi connectivity index (χ2v) is 8.19. The summed E-state index contributed by atoms with van der Waals surface area (Å²) in [4.78, 5) is 0. The summed E-state index contributed by atoms with van der Waals surface area (Å²) in [5, 5.41) is 0. The molecule has 4 nitrogen and oxygen atoms in total. The number of halogens is 15. The summed E-state index contributed by atoms with van der Waals surface area (Å²) in [6.07, 6.45) is -27.7. The Morgan fingerprint density at radius 2 is 0.714 bits per heavy atom. The molecule has 19 heteroatoms. The van der Waals surface area contributed by atoms with Crippen LogP contribution in [0.1, 0.15) is 27.8 Å². The molecule has 0 atom stereocenters. The Balaban J connectivity index is 2.28. The molecule has 0 amide bonds. The zero-order valence-corrected chi connectivity index (χ0v) is 19.7. The van der Waals surface area contributed by atoms with Crippen molar-refractivity contribution in [3.63, 3.8) is 0 Å². The van der Waals surface area contributed by atoms with Crippen molar-refractivity contribution in [1.82, 2.24) is 0 Å². The maximum absolute atomic E-state index is 14.0. The summed E-state index contributed by atoms with van der Waals surface area (Å²) < 4.78 is 212. The van der Waals surface area contributed by atoms with E-state index in [0.29, 0.717) is 6.07 Å². The molecule has 0 aliphatic heterocycles. The van der Waals surface area contributed by atoms with Gasteiger partial charge in [-0.25, -0.2) is 0 Å². The molecular formula is C23H11F15N2O2. The number of nitrogen functional groups attached to an aromatic ring is 2. The minimum absolute atomic E-state index is 0.269. The molecule has 0 saturated carbocycles. The molecule has 0 aliphatic carbocycles. The summed E-state index contributed by atoms with van der Waals surface area (Å²) in [6.45, 7) is 0. The summed E-state index contributed by atoms with van der Waals surface area (Å²) in [5.74, 6) is -7.14. The van der Waals surface area contributed by atoms with Crippen molar-refractivity contribution in [2.24, 2.45) is 0 Å². The third-order valence-electron chi connectivity index (χ3n) is 5.24. The van der Waals surface area contributed by atoms with E-state index in [0.717, 1.165) is 0 Å². The molecule has 42 heavy (non-hydrogen) atoms. The topological polar surface area (TPSA) is 70.5 Å². The normalized spacial score (nSPS) is 13.3. The fourth-order valence-corrected chi connectivity index (χ4v) is 3.49. The van der Waals surface area contributed by atoms with Crippen LogP contribution in [-0.2, 0) is 30.9 Å². The number of ether oxygens (including phenoxy) is 2. The van der Waals surface area contributed by atoms with Crippen LogP contribution < -0.4 is 20.9 Å². The van der Waals surface area contributed by atoms with Gasteiger partial charge >= 0.3 is 30.9 Å². The van der Waals surface area contributed by atoms with E-state index in [-0.39, 0.29) is 36.4 Å². The molecular weight excluding hydrogens is 621 g/mol. The van der Waals surface area contributed by atoms with E-state index in [1.54, 1.807) is 0 Å². The summed E-state index contributed by atoms with van der Waals surface area (Å²) in [7, 11) is 0. The highest BCUT2D eigenvalue weighted by Crippen LogP contribution is 2.50. The van der Waals surface area contributed by atoms with Gasteiger partial charge in [0, 0.05) is 11.4 Å². The largest absolute Gasteiger partial charge is 0.456 e. The van der Waals surface area contributed by atoms with Crippen molar-refractivity contribution in [1.29, 1.82) is 0 Å². The van der Waals surface area contributed by atoms with E-state index in [2.05, 4.69) is 9.47 Å². The highest BCUT2D eigenvalue weighted by molar-refractivity contribution is 5.60. The first-order valence-corrected chi connectivity index (χ1v) is 10.5. The molecule has 3 aromatic rings. The van der Waals surface area contributed by atoms with Crippen LogP contribution in [0, 0.1) is 0 Å². The van der Waals surface area contributed by atoms with Gasteiger partial charge in [0.05, 0.1) is 11.1 Å². The average molecular weight is 632 g/mol. The lowest BCUT2D eigenvalue weighted by molar-refractivity contribution is -0.143. The molecule has 3 aromatic carbocycles. The van der Waals surface area contributed by atoms with Gasteiger partial charge in [-0.15, -0.1) is 0 Å². The van der Waals surface area contributed by atoms with Crippen LogP contribution in [0.2, 0.25) is 0 Å². The Bertz CT molecular complexity index is 1380. The van der Waals surface area contributed by atoms with Crippen LogP contribution in [0.25, 0.3) is 0 Å². The molecule has 0 aromatic heterocycles. The van der Waals surface area contributed by atoms with Crippen molar-refractivity contribution in [3.05, 3.63) is 70.3 Å². The molecule has 3 rings (SSSR count). The molecule has 230 valence electrons. The number of hydrogen-bond donors (Lipinski definition) is 2. The van der Waals surface area contributed by atoms with Gasteiger partial charge in [-0.3, -0.25) is 0 Å². The Morgan fingerprint density at radius 3 is 0.976 bits per heavy atom. The van der Waals surface area contributed by atoms with Crippen LogP contribution in [0.4, 0.5) is 77.2 Å². The van der Waals surface area contributed by atoms with E-state index in [9.17, 15) is 65.9 Å². The predicted octanol–water partition coefficient (Wildman–Crippen LogP) is 9.53. The van der Waals surface area contributed by atoms with Gasteiger partial charge in [-0.1, -0.05) is 6.07 Å². The van der Waals surface area contributed by atoms with E-state index >= 15 is 0 Å². The monoisotopic (exact) mass is 632 g/mol. The smallest absolute Gasteiger partial charge is 0.423 e. The van der Waals surface area contributed by atoms with Gasteiger partial charge in [0.2, 0.25) is 0 Å². The first-order chi connectivity index (χ1) is 18.8. The zero-order valence-electron chi connectivity index (χ0n) is 19.7. The summed E-state index contributed by atoms with van der Waals surface area (Å²) >= 11 is 0. The van der Waals surface area contributed by atoms with E-state index < -0.39 is 93.1 Å². The van der Waals surface area contributed by atoms with Crippen molar-refractivity contribution in [3.8, 4) is 23.0 Å². The maximum atomic E-state index is 14.0. The van der Waals surface area contributed by atoms with E-state index in [1.165, 1.54) is 0 Å². The number of rotatable bonds is 4. The van der Waals surface area contributed by atoms with Gasteiger partial charge < -0.3 is 20.9 Å². The van der Waals surface area contributed by atoms with Crippen molar-refractivity contribution < 1.29 is 75.3 Å². The molecule has 0 spiro atoms. The van der Waals surface area contributed by atoms with Crippen molar-refractivity contribution >= 4 is 11.4 Å². The molecule has 0 aliphatic rings. The van der Waals surface area contributed by atoms with Gasteiger partial charge in [0.1, 0.15) is 39.7 Å². The minimum Gasteiger partial charge on any atom is -0.456 e. The predicted molar refractivity (Wildman–Crippen MR) is 113 cm³/mol. The highest BCUT2D eigenvalue weighted by Gasteiger charge is 2.44. The quantitative estimate of drug-likeness (QED) is 0.222. The first kappa shape index (κ1) is 32.3. The van der Waals surface area contributed by atoms with Gasteiger partial charge in [-0.05, 0) is 36.4 Å². The van der Waals surface area contributed by atoms with Crippen LogP contribution in [-0.4, -0.2) is 0 Å². The Hall–Kier alpha value is -4.19. The number of hydrogen-bond acceptors (Lipinski definition) is 4. The van der Waals surface area contributed by atoms with Crippen LogP contribution >= 0.6 is 0 Å². The lowest BCUT2D eigenvalue weighted by Crippen LogP contribution is -2.16. The molecule has 0 heterocycles. The standard InChI is InChI=1S/C23H11F15N2O2/c24-19(25,26)8-6-16(10(4-12(8)39)21(30,31)32)41-14-2-1-3-15(18(14)23(36,37)38)42-17-7-9(20(27,28)29)13(40)5-11(17)22(33,34)35/h1-7H,39-40H2. The molecule has 4 N–H and O–H groups in total. The Labute approximate surface area is 223 Å². The molecule has 0 saturated heterocycles. The molecule has 0 fully saturated rings. The second-order valence-electron chi connectivity index (χ2n) is 8.19. The van der Waals surface area contributed by atoms with Gasteiger partial charge in [-0.2, -0.15) is 65.9 Å². The number of benzene rings is 3. The summed E-state index contributed by atoms with van der Waals surface area (Å²) in [5.41, 5.74) is -3.21. The van der Waals surface area contributed by atoms with Crippen molar-refractivity contribution in [2.75, 3.05) is 11.5 Å². The maximum Gasteiger partial charge on any atom is 0.423 e. The van der Waals surface area contributed by atoms with E-state index in [4.69, 9.17) is 11.5 Å². The summed E-state index contributed by atoms with van der Waals surface area (Å²) in [6, 6.07) is -0.206. The Morgan fingerprint density at radius 1 is 0.405 bits per heavy atom. The van der Waals surface area contributed by atoms with Crippen LogP contribution in [0.3, 0.4) is 0 Å². The van der Waals surface area contributed by atoms with Crippen molar-refractivity contribution in [2.45, 2.75) is 30.9 Å². The van der Waals surface area contributed by atoms with Gasteiger partial charge in [0.15, 0.2) is 0 Å². The third kappa shape index (κ3) is 6.81. The molecule has 0 radical (unpaired) electrons. The molecule has 0 unspecified atom stereocenters. The fourth-order valence-electron chi connectivity index (χ4n) is 3.49. The fraction of sp³-hybridized carbons (Fsp3) is 0.217. The third-order valence-corrected chi connectivity index (χ3v) is 5.24. The molecule has 0 bridgehead atoms. The number of anilines is 2. The van der Waals surface area contributed by atoms with Crippen LogP contribution in [0.5, 0.6) is 23.0 Å². The zero-order chi connectivity index (χ0) is 32.2. The lowest BCUT2D eigenvalue weighted by Gasteiger charge is -2.22. The van der Waals surface area contributed by atoms with Gasteiger partial charge in [0.25, 0.3) is 0 Å². The first-order valence-electron chi connectivity index (χ1n) is 10.5. The average Bonchev–Trinajstić information content (AvgIpc) is 2.77. The van der Waals surface area contributed by atoms with Crippen LogP contribution in [0.15, 0.2) is 42.5 Å². The number of nitrogens with two attached hydrogens (primary N) is 2. The highest BCUT2D eigenvalue weighted by atomic mass is 19.4. The SMILES string of the molecule is Nc1cc(C(F)(F)F)c(Oc2cccc(Oc3cc(C(F)(F)F)c(N)cc3C(F)(F)F)c2C(F)(F)F)cc1C(F)(F)F. The minimum atomic E-state index is -5.77. The Kier molecular flexibility index (Phi) is 7.90. The number of alkyl halides is 15.